The van der Waals surface area contributed by atoms with Crippen molar-refractivity contribution in [2.24, 2.45) is 0 Å². The summed E-state index contributed by atoms with van der Waals surface area (Å²) in [6.07, 6.45) is -0.370. The number of carboxylic acids is 1. The third-order valence-corrected chi connectivity index (χ3v) is 6.36. The lowest BCUT2D eigenvalue weighted by atomic mass is 9.93. The van der Waals surface area contributed by atoms with Crippen molar-refractivity contribution >= 4 is 29.6 Å². The predicted octanol–water partition coefficient (Wildman–Crippen LogP) is 4.22. The van der Waals surface area contributed by atoms with Gasteiger partial charge in [-0.25, -0.2) is 9.59 Å². The van der Waals surface area contributed by atoms with Gasteiger partial charge in [0.1, 0.15) is 18.7 Å². The number of hydrogen-bond acceptors (Lipinski definition) is 4. The SMILES string of the molecule is O=C(O)[C@@H](Cc1ccccc1Cl)NC(=O)[C@@H]1Cc2ccccc2CN1C(=O)OCc1ccccc1. The van der Waals surface area contributed by atoms with Crippen LogP contribution in [0.4, 0.5) is 4.79 Å². The van der Waals surface area contributed by atoms with Gasteiger partial charge >= 0.3 is 12.1 Å². The molecule has 0 aromatic heterocycles. The molecule has 0 saturated carbocycles. The molecule has 0 unspecified atom stereocenters. The number of rotatable bonds is 7. The molecule has 35 heavy (non-hydrogen) atoms. The number of hydrogen-bond donors (Lipinski definition) is 2. The molecule has 0 fully saturated rings. The number of ether oxygens (including phenoxy) is 1. The van der Waals surface area contributed by atoms with Crippen molar-refractivity contribution < 1.29 is 24.2 Å². The van der Waals surface area contributed by atoms with Gasteiger partial charge in [0.05, 0.1) is 6.54 Å². The summed E-state index contributed by atoms with van der Waals surface area (Å²) in [5, 5.41) is 12.8. The molecule has 0 spiro atoms. The Balaban J connectivity index is 1.52. The lowest BCUT2D eigenvalue weighted by Crippen LogP contribution is -2.56. The van der Waals surface area contributed by atoms with Crippen LogP contribution in [0.15, 0.2) is 78.9 Å². The van der Waals surface area contributed by atoms with Crippen LogP contribution in [0, 0.1) is 0 Å². The van der Waals surface area contributed by atoms with E-state index in [-0.39, 0.29) is 26.0 Å². The molecule has 8 heteroatoms. The van der Waals surface area contributed by atoms with Crippen LogP contribution in [-0.4, -0.2) is 40.1 Å². The molecule has 180 valence electrons. The van der Waals surface area contributed by atoms with Gasteiger partial charge in [0, 0.05) is 17.9 Å². The van der Waals surface area contributed by atoms with E-state index in [1.807, 2.05) is 54.6 Å². The van der Waals surface area contributed by atoms with E-state index >= 15 is 0 Å². The molecule has 2 atom stereocenters. The lowest BCUT2D eigenvalue weighted by Gasteiger charge is -2.35. The van der Waals surface area contributed by atoms with Gasteiger partial charge in [-0.3, -0.25) is 9.69 Å². The molecule has 0 saturated heterocycles. The molecular formula is C27H25ClN2O5. The molecule has 0 bridgehead atoms. The van der Waals surface area contributed by atoms with Crippen LogP contribution in [0.25, 0.3) is 0 Å². The van der Waals surface area contributed by atoms with Crippen LogP contribution in [0.5, 0.6) is 0 Å². The zero-order valence-corrected chi connectivity index (χ0v) is 19.6. The third-order valence-electron chi connectivity index (χ3n) is 5.99. The first-order chi connectivity index (χ1) is 16.9. The Morgan fingerprint density at radius 1 is 0.971 bits per heavy atom. The molecule has 2 amide bonds. The van der Waals surface area contributed by atoms with Crippen molar-refractivity contribution in [3.63, 3.8) is 0 Å². The zero-order valence-electron chi connectivity index (χ0n) is 18.9. The van der Waals surface area contributed by atoms with E-state index in [1.54, 1.807) is 24.3 Å². The van der Waals surface area contributed by atoms with E-state index in [0.29, 0.717) is 10.6 Å². The van der Waals surface area contributed by atoms with Gasteiger partial charge in [-0.2, -0.15) is 0 Å². The molecular weight excluding hydrogens is 468 g/mol. The summed E-state index contributed by atoms with van der Waals surface area (Å²) in [7, 11) is 0. The summed E-state index contributed by atoms with van der Waals surface area (Å²) >= 11 is 6.19. The van der Waals surface area contributed by atoms with Crippen LogP contribution in [0.1, 0.15) is 22.3 Å². The van der Waals surface area contributed by atoms with Crippen LogP contribution in [0.2, 0.25) is 5.02 Å². The first kappa shape index (κ1) is 24.3. The molecule has 3 aromatic rings. The highest BCUT2D eigenvalue weighted by atomic mass is 35.5. The van der Waals surface area contributed by atoms with Gasteiger partial charge < -0.3 is 15.2 Å². The number of nitrogens with one attached hydrogen (secondary N) is 1. The highest BCUT2D eigenvalue weighted by Gasteiger charge is 2.37. The van der Waals surface area contributed by atoms with Crippen molar-refractivity contribution in [2.75, 3.05) is 0 Å². The van der Waals surface area contributed by atoms with Gasteiger partial charge in [0.2, 0.25) is 5.91 Å². The molecule has 2 N–H and O–H groups in total. The Hall–Kier alpha value is -3.84. The molecule has 0 aliphatic carbocycles. The van der Waals surface area contributed by atoms with Gasteiger partial charge in [-0.1, -0.05) is 84.4 Å². The molecule has 3 aromatic carbocycles. The minimum Gasteiger partial charge on any atom is -0.480 e. The Labute approximate surface area is 208 Å². The minimum absolute atomic E-state index is 0.0164. The van der Waals surface area contributed by atoms with E-state index in [9.17, 15) is 19.5 Å². The zero-order chi connectivity index (χ0) is 24.8. The van der Waals surface area contributed by atoms with Crippen LogP contribution >= 0.6 is 11.6 Å². The maximum Gasteiger partial charge on any atom is 0.411 e. The topological polar surface area (TPSA) is 95.9 Å². The molecule has 0 radical (unpaired) electrons. The van der Waals surface area contributed by atoms with Crippen molar-refractivity contribution in [1.29, 1.82) is 0 Å². The summed E-state index contributed by atoms with van der Waals surface area (Å²) in [6, 6.07) is 21.6. The number of aliphatic carboxylic acids is 1. The summed E-state index contributed by atoms with van der Waals surface area (Å²) in [5.41, 5.74) is 3.27. The predicted molar refractivity (Wildman–Crippen MR) is 131 cm³/mol. The Morgan fingerprint density at radius 3 is 2.34 bits per heavy atom. The summed E-state index contributed by atoms with van der Waals surface area (Å²) in [4.78, 5) is 39.7. The van der Waals surface area contributed by atoms with Crippen LogP contribution in [-0.2, 0) is 40.3 Å². The number of fused-ring (bicyclic) bond motifs is 1. The summed E-state index contributed by atoms with van der Waals surface area (Å²) < 4.78 is 5.50. The van der Waals surface area contributed by atoms with E-state index in [4.69, 9.17) is 16.3 Å². The lowest BCUT2D eigenvalue weighted by molar-refractivity contribution is -0.142. The van der Waals surface area contributed by atoms with E-state index < -0.39 is 30.1 Å². The Kier molecular flexibility index (Phi) is 7.67. The second kappa shape index (κ2) is 11.1. The van der Waals surface area contributed by atoms with Gasteiger partial charge in [-0.15, -0.1) is 0 Å². The van der Waals surface area contributed by atoms with E-state index in [0.717, 1.165) is 16.7 Å². The highest BCUT2D eigenvalue weighted by molar-refractivity contribution is 6.31. The largest absolute Gasteiger partial charge is 0.480 e. The third kappa shape index (κ3) is 6.00. The molecule has 1 aliphatic heterocycles. The van der Waals surface area contributed by atoms with Crippen molar-refractivity contribution in [3.8, 4) is 0 Å². The second-order valence-electron chi connectivity index (χ2n) is 8.35. The Bertz CT molecular complexity index is 1220. The standard InChI is InChI=1S/C27H25ClN2O5/c28-22-13-7-6-11-20(22)14-23(26(32)33)29-25(31)24-15-19-10-4-5-12-21(19)16-30(24)27(34)35-17-18-8-2-1-3-9-18/h1-13,23-24H,14-17H2,(H,29,31)(H,32,33)/t23-,24+/m1/s1. The minimum atomic E-state index is -1.21. The summed E-state index contributed by atoms with van der Waals surface area (Å²) in [6.45, 7) is 0.251. The summed E-state index contributed by atoms with van der Waals surface area (Å²) in [5.74, 6) is -1.75. The average molecular weight is 493 g/mol. The number of carbonyl (C=O) groups is 3. The fraction of sp³-hybridized carbons (Fsp3) is 0.222. The van der Waals surface area contributed by atoms with Crippen molar-refractivity contribution in [1.82, 2.24) is 10.2 Å². The number of carbonyl (C=O) groups excluding carboxylic acids is 2. The first-order valence-corrected chi connectivity index (χ1v) is 11.6. The first-order valence-electron chi connectivity index (χ1n) is 11.2. The molecule has 1 aliphatic rings. The van der Waals surface area contributed by atoms with Gasteiger partial charge in [0.25, 0.3) is 0 Å². The normalized spacial score (nSPS) is 15.6. The maximum atomic E-state index is 13.3. The number of amides is 2. The molecule has 4 rings (SSSR count). The van der Waals surface area contributed by atoms with Crippen LogP contribution < -0.4 is 5.32 Å². The van der Waals surface area contributed by atoms with Gasteiger partial charge in [0.15, 0.2) is 0 Å². The van der Waals surface area contributed by atoms with Crippen molar-refractivity contribution in [3.05, 3.63) is 106 Å². The fourth-order valence-corrected chi connectivity index (χ4v) is 4.32. The smallest absolute Gasteiger partial charge is 0.411 e. The van der Waals surface area contributed by atoms with Crippen molar-refractivity contribution in [2.45, 2.75) is 38.1 Å². The number of benzene rings is 3. The number of nitrogens with zero attached hydrogens (tertiary/aromatic N) is 1. The average Bonchev–Trinajstić information content (AvgIpc) is 2.87. The quantitative estimate of drug-likeness (QED) is 0.515. The number of carboxylic acid groups (broad SMARTS) is 1. The van der Waals surface area contributed by atoms with E-state index in [2.05, 4.69) is 5.32 Å². The second-order valence-corrected chi connectivity index (χ2v) is 8.76. The molecule has 7 nitrogen and oxygen atoms in total. The fourth-order valence-electron chi connectivity index (χ4n) is 4.10. The monoisotopic (exact) mass is 492 g/mol. The number of halogens is 1. The molecule has 1 heterocycles. The van der Waals surface area contributed by atoms with Gasteiger partial charge in [-0.05, 0) is 28.3 Å². The Morgan fingerprint density at radius 2 is 1.63 bits per heavy atom. The van der Waals surface area contributed by atoms with Crippen LogP contribution in [0.3, 0.4) is 0 Å². The maximum absolute atomic E-state index is 13.3. The van der Waals surface area contributed by atoms with E-state index in [1.165, 1.54) is 4.90 Å². The highest BCUT2D eigenvalue weighted by Crippen LogP contribution is 2.25.